The van der Waals surface area contributed by atoms with Crippen LogP contribution in [0.5, 0.6) is 5.75 Å². The van der Waals surface area contributed by atoms with Crippen molar-refractivity contribution in [1.29, 1.82) is 0 Å². The molecule has 0 spiro atoms. The van der Waals surface area contributed by atoms with Crippen molar-refractivity contribution in [2.24, 2.45) is 7.05 Å². The van der Waals surface area contributed by atoms with Crippen LogP contribution in [-0.2, 0) is 36.1 Å². The van der Waals surface area contributed by atoms with Gasteiger partial charge in [-0.2, -0.15) is 0 Å². The summed E-state index contributed by atoms with van der Waals surface area (Å²) in [6.07, 6.45) is 6.33. The van der Waals surface area contributed by atoms with Crippen molar-refractivity contribution in [3.8, 4) is 28.1 Å². The van der Waals surface area contributed by atoms with E-state index in [1.165, 1.54) is 0 Å². The summed E-state index contributed by atoms with van der Waals surface area (Å²) in [5, 5.41) is 7.28. The molecule has 0 saturated carbocycles. The lowest BCUT2D eigenvalue weighted by molar-refractivity contribution is -0.131. The molecule has 3 aliphatic rings. The van der Waals surface area contributed by atoms with E-state index in [1.807, 2.05) is 70.8 Å². The number of benzene rings is 2. The summed E-state index contributed by atoms with van der Waals surface area (Å²) in [7, 11) is 3.59. The predicted octanol–water partition coefficient (Wildman–Crippen LogP) is 5.84. The van der Waals surface area contributed by atoms with E-state index in [-0.39, 0.29) is 17.7 Å². The number of fused-ring (bicyclic) bond motifs is 1. The number of halogens is 1. The van der Waals surface area contributed by atoms with E-state index in [0.29, 0.717) is 47.4 Å². The number of amides is 3. The van der Waals surface area contributed by atoms with Crippen LogP contribution in [-0.4, -0.2) is 98.9 Å². The highest BCUT2D eigenvalue weighted by Crippen LogP contribution is 2.39. The highest BCUT2D eigenvalue weighted by atomic mass is 35.5. The number of imidazole rings is 1. The van der Waals surface area contributed by atoms with Crippen LogP contribution in [0, 0.1) is 6.92 Å². The lowest BCUT2D eigenvalue weighted by Crippen LogP contribution is -2.47. The molecule has 55 heavy (non-hydrogen) atoms. The second-order valence-electron chi connectivity index (χ2n) is 15.0. The van der Waals surface area contributed by atoms with E-state index in [4.69, 9.17) is 21.3 Å². The molecule has 0 radical (unpaired) electrons. The fourth-order valence-electron chi connectivity index (χ4n) is 8.39. The number of piperidine rings is 2. The van der Waals surface area contributed by atoms with Gasteiger partial charge in [-0.1, -0.05) is 35.9 Å². The van der Waals surface area contributed by atoms with Gasteiger partial charge in [-0.25, -0.2) is 4.98 Å². The third-order valence-corrected chi connectivity index (χ3v) is 12.1. The Hall–Kier alpha value is -4.78. The normalized spacial score (nSPS) is 16.9. The van der Waals surface area contributed by atoms with E-state index < -0.39 is 0 Å². The lowest BCUT2D eigenvalue weighted by atomic mass is 9.97. The number of nitrogens with zero attached hydrogens (tertiary/aromatic N) is 6. The molecule has 0 aliphatic carbocycles. The molecule has 13 heteroatoms. The van der Waals surface area contributed by atoms with Gasteiger partial charge in [-0.05, 0) is 61.9 Å². The second kappa shape index (κ2) is 16.5. The van der Waals surface area contributed by atoms with E-state index in [1.54, 1.807) is 27.2 Å². The highest BCUT2D eigenvalue weighted by molar-refractivity contribution is 6.35. The quantitative estimate of drug-likeness (QED) is 0.218. The molecule has 2 aromatic carbocycles. The third-order valence-electron chi connectivity index (χ3n) is 11.8. The molecule has 290 valence electrons. The molecule has 3 amide bonds. The Bertz CT molecular complexity index is 2080. The zero-order valence-electron chi connectivity index (χ0n) is 32.5. The topological polar surface area (TPSA) is 125 Å². The number of pyridine rings is 1. The summed E-state index contributed by atoms with van der Waals surface area (Å²) in [6, 6.07) is 14.5. The molecular weight excluding hydrogens is 716 g/mol. The molecule has 2 aromatic heterocycles. The first-order valence-corrected chi connectivity index (χ1v) is 19.7. The first-order valence-electron chi connectivity index (χ1n) is 19.3. The maximum absolute atomic E-state index is 13.8. The van der Waals surface area contributed by atoms with E-state index in [2.05, 4.69) is 20.5 Å². The zero-order valence-corrected chi connectivity index (χ0v) is 33.2. The minimum Gasteiger partial charge on any atom is -0.496 e. The van der Waals surface area contributed by atoms with Gasteiger partial charge in [0.05, 0.1) is 23.5 Å². The number of rotatable bonds is 9. The first-order chi connectivity index (χ1) is 26.5. The minimum atomic E-state index is -0.261. The summed E-state index contributed by atoms with van der Waals surface area (Å²) in [6.45, 7) is 10.6. The number of likely N-dealkylation sites (tertiary alicyclic amines) is 2. The van der Waals surface area contributed by atoms with Crippen LogP contribution in [0.2, 0.25) is 5.02 Å². The minimum absolute atomic E-state index is 0.133. The molecule has 0 bridgehead atoms. The van der Waals surface area contributed by atoms with E-state index >= 15 is 0 Å². The highest BCUT2D eigenvalue weighted by Gasteiger charge is 2.32. The smallest absolute Gasteiger partial charge is 0.291 e. The van der Waals surface area contributed by atoms with Crippen LogP contribution in [0.4, 0.5) is 5.69 Å². The van der Waals surface area contributed by atoms with Crippen molar-refractivity contribution in [2.45, 2.75) is 78.0 Å². The van der Waals surface area contributed by atoms with Gasteiger partial charge in [0.2, 0.25) is 11.8 Å². The zero-order chi connectivity index (χ0) is 38.8. The Morgan fingerprint density at radius 2 is 1.64 bits per heavy atom. The van der Waals surface area contributed by atoms with Crippen molar-refractivity contribution in [1.82, 2.24) is 34.6 Å². The maximum atomic E-state index is 13.8. The molecular formula is C42H51ClN8O4. The fourth-order valence-corrected chi connectivity index (χ4v) is 8.72. The molecule has 7 rings (SSSR count). The summed E-state index contributed by atoms with van der Waals surface area (Å²) in [5.41, 5.74) is 7.81. The van der Waals surface area contributed by atoms with Gasteiger partial charge in [0.25, 0.3) is 5.91 Å². The van der Waals surface area contributed by atoms with Crippen LogP contribution in [0.25, 0.3) is 22.4 Å². The molecule has 5 heterocycles. The van der Waals surface area contributed by atoms with Crippen LogP contribution in [0.3, 0.4) is 0 Å². The standard InChI is InChI=1S/C42H51ClN8O4/c1-26-33(34-11-17-44-40(39(34)43)29-9-10-30(38(23-29)55-5)24-45-31-12-18-49(19-13-31)27(2)52)7-6-8-35(26)47-42(54)41-46-36-25-51(22-16-37(36)48(41)4)32-14-20-50(21-15-32)28(3)53/h6-11,17,23,31-32,45H,12-16,18-22,24-25H2,1-5H3,(H,47,54). The summed E-state index contributed by atoms with van der Waals surface area (Å²) < 4.78 is 7.74. The fraction of sp³-hybridized carbons (Fsp3) is 0.452. The summed E-state index contributed by atoms with van der Waals surface area (Å²) >= 11 is 7.14. The van der Waals surface area contributed by atoms with Gasteiger partial charge in [0.15, 0.2) is 5.82 Å². The summed E-state index contributed by atoms with van der Waals surface area (Å²) in [5.74, 6) is 1.14. The monoisotopic (exact) mass is 766 g/mol. The molecule has 12 nitrogen and oxygen atoms in total. The lowest BCUT2D eigenvalue weighted by Gasteiger charge is -2.39. The Kier molecular flexibility index (Phi) is 11.6. The van der Waals surface area contributed by atoms with Gasteiger partial charge >= 0.3 is 0 Å². The van der Waals surface area contributed by atoms with Crippen molar-refractivity contribution >= 4 is 35.0 Å². The first kappa shape index (κ1) is 38.5. The average molecular weight is 767 g/mol. The predicted molar refractivity (Wildman–Crippen MR) is 214 cm³/mol. The van der Waals surface area contributed by atoms with Crippen LogP contribution in [0.15, 0.2) is 48.7 Å². The van der Waals surface area contributed by atoms with Gasteiger partial charge in [-0.15, -0.1) is 0 Å². The Labute approximate surface area is 328 Å². The molecule has 0 unspecified atom stereocenters. The number of hydrogen-bond acceptors (Lipinski definition) is 8. The van der Waals surface area contributed by atoms with Crippen molar-refractivity contribution in [3.05, 3.63) is 82.0 Å². The van der Waals surface area contributed by atoms with Gasteiger partial charge in [0.1, 0.15) is 5.75 Å². The number of carbonyl (C=O) groups is 3. The SMILES string of the molecule is COc1cc(-c2nccc(-c3cccc(NC(=O)c4nc5c(n4C)CCN(C4CCN(C(C)=O)CC4)C5)c3C)c2Cl)ccc1CNC1CCN(C(C)=O)CC1. The molecule has 2 saturated heterocycles. The number of nitrogens with one attached hydrogen (secondary N) is 2. The van der Waals surface area contributed by atoms with Crippen LogP contribution in [0.1, 0.15) is 72.7 Å². The number of ether oxygens (including phenoxy) is 1. The Balaban J connectivity index is 1.04. The molecule has 2 fully saturated rings. The molecule has 0 atom stereocenters. The molecule has 3 aliphatic heterocycles. The number of methoxy groups -OCH3 is 1. The van der Waals surface area contributed by atoms with Gasteiger partial charge < -0.3 is 29.7 Å². The Morgan fingerprint density at radius 1 is 0.927 bits per heavy atom. The van der Waals surface area contributed by atoms with Crippen molar-refractivity contribution in [2.75, 3.05) is 45.2 Å². The second-order valence-corrected chi connectivity index (χ2v) is 15.4. The number of carbonyl (C=O) groups excluding carboxylic acids is 3. The average Bonchev–Trinajstić information content (AvgIpc) is 3.53. The van der Waals surface area contributed by atoms with Crippen molar-refractivity contribution < 1.29 is 19.1 Å². The number of anilines is 1. The van der Waals surface area contributed by atoms with Crippen LogP contribution >= 0.6 is 11.6 Å². The van der Waals surface area contributed by atoms with E-state index in [0.717, 1.165) is 110 Å². The largest absolute Gasteiger partial charge is 0.496 e. The number of aromatic nitrogens is 3. The number of hydrogen-bond donors (Lipinski definition) is 2. The maximum Gasteiger partial charge on any atom is 0.291 e. The summed E-state index contributed by atoms with van der Waals surface area (Å²) in [4.78, 5) is 53.1. The van der Waals surface area contributed by atoms with Gasteiger partial charge in [0, 0.05) is 119 Å². The van der Waals surface area contributed by atoms with Gasteiger partial charge in [-0.3, -0.25) is 24.3 Å². The molecule has 4 aromatic rings. The van der Waals surface area contributed by atoms with Crippen molar-refractivity contribution in [3.63, 3.8) is 0 Å². The Morgan fingerprint density at radius 3 is 2.33 bits per heavy atom. The third kappa shape index (κ3) is 8.13. The van der Waals surface area contributed by atoms with Crippen LogP contribution < -0.4 is 15.4 Å². The van der Waals surface area contributed by atoms with E-state index in [9.17, 15) is 14.4 Å². The molecule has 2 N–H and O–H groups in total.